The molecule has 0 aromatic heterocycles. The van der Waals surface area contributed by atoms with Gasteiger partial charge >= 0.3 is 0 Å². The molecule has 0 atom stereocenters. The minimum Gasteiger partial charge on any atom is -0.493 e. The van der Waals surface area contributed by atoms with Crippen LogP contribution in [0.5, 0.6) is 11.5 Å². The zero-order chi connectivity index (χ0) is 14.7. The van der Waals surface area contributed by atoms with Gasteiger partial charge in [-0.2, -0.15) is 0 Å². The zero-order valence-corrected chi connectivity index (χ0v) is 13.4. The second-order valence-corrected chi connectivity index (χ2v) is 5.31. The van der Waals surface area contributed by atoms with Gasteiger partial charge in [-0.25, -0.2) is 0 Å². The van der Waals surface area contributed by atoms with E-state index in [2.05, 4.69) is 21.2 Å². The van der Waals surface area contributed by atoms with Crippen LogP contribution < -0.4 is 20.5 Å². The first-order valence-electron chi connectivity index (χ1n) is 5.78. The van der Waals surface area contributed by atoms with Gasteiger partial charge in [-0.1, -0.05) is 11.6 Å². The highest BCUT2D eigenvalue weighted by Crippen LogP contribution is 2.36. The first-order valence-corrected chi connectivity index (χ1v) is 6.96. The van der Waals surface area contributed by atoms with Gasteiger partial charge in [0.05, 0.1) is 30.6 Å². The van der Waals surface area contributed by atoms with Crippen molar-refractivity contribution in [3.8, 4) is 11.5 Å². The van der Waals surface area contributed by atoms with Crippen LogP contribution in [0.15, 0.2) is 34.8 Å². The number of ether oxygens (including phenoxy) is 2. The topological polar surface area (TPSA) is 56.5 Å². The summed E-state index contributed by atoms with van der Waals surface area (Å²) >= 11 is 9.41. The molecule has 2 aromatic carbocycles. The van der Waals surface area contributed by atoms with E-state index in [9.17, 15) is 0 Å². The predicted molar refractivity (Wildman–Crippen MR) is 86.4 cm³/mol. The summed E-state index contributed by atoms with van der Waals surface area (Å²) in [6.45, 7) is 0. The van der Waals surface area contributed by atoms with Crippen molar-refractivity contribution in [3.05, 3.63) is 39.8 Å². The highest BCUT2D eigenvalue weighted by molar-refractivity contribution is 9.10. The van der Waals surface area contributed by atoms with Gasteiger partial charge in [-0.15, -0.1) is 0 Å². The van der Waals surface area contributed by atoms with E-state index >= 15 is 0 Å². The molecule has 0 spiro atoms. The van der Waals surface area contributed by atoms with Crippen LogP contribution in [0, 0.1) is 0 Å². The molecule has 3 N–H and O–H groups in total. The predicted octanol–water partition coefficient (Wildman–Crippen LogP) is 4.45. The third kappa shape index (κ3) is 3.11. The number of rotatable bonds is 4. The van der Waals surface area contributed by atoms with Crippen LogP contribution in [0.1, 0.15) is 0 Å². The van der Waals surface area contributed by atoms with Crippen LogP contribution in [0.25, 0.3) is 0 Å². The number of nitrogens with two attached hydrogens (primary N) is 1. The molecule has 0 fully saturated rings. The molecular formula is C14H14BrClN2O2. The van der Waals surface area contributed by atoms with E-state index in [-0.39, 0.29) is 0 Å². The summed E-state index contributed by atoms with van der Waals surface area (Å²) in [6, 6.07) is 9.06. The van der Waals surface area contributed by atoms with Crippen molar-refractivity contribution in [2.45, 2.75) is 0 Å². The normalized spacial score (nSPS) is 10.2. The smallest absolute Gasteiger partial charge is 0.162 e. The molecule has 0 amide bonds. The van der Waals surface area contributed by atoms with Crippen LogP contribution in [0.4, 0.5) is 17.1 Å². The van der Waals surface area contributed by atoms with Crippen molar-refractivity contribution in [1.82, 2.24) is 0 Å². The van der Waals surface area contributed by atoms with E-state index in [0.717, 1.165) is 15.8 Å². The Hall–Kier alpha value is -1.59. The van der Waals surface area contributed by atoms with Gasteiger partial charge in [-0.05, 0) is 34.1 Å². The largest absolute Gasteiger partial charge is 0.493 e. The summed E-state index contributed by atoms with van der Waals surface area (Å²) < 4.78 is 11.3. The number of nitrogens with one attached hydrogen (secondary N) is 1. The fourth-order valence-corrected chi connectivity index (χ4v) is 2.16. The molecule has 0 aliphatic heterocycles. The lowest BCUT2D eigenvalue weighted by molar-refractivity contribution is 0.355. The van der Waals surface area contributed by atoms with E-state index in [1.165, 1.54) is 0 Å². The maximum Gasteiger partial charge on any atom is 0.162 e. The first-order chi connectivity index (χ1) is 9.55. The van der Waals surface area contributed by atoms with Crippen molar-refractivity contribution >= 4 is 44.6 Å². The molecular weight excluding hydrogens is 344 g/mol. The lowest BCUT2D eigenvalue weighted by atomic mass is 10.2. The number of halogens is 2. The van der Waals surface area contributed by atoms with Crippen molar-refractivity contribution in [3.63, 3.8) is 0 Å². The zero-order valence-electron chi connectivity index (χ0n) is 11.0. The van der Waals surface area contributed by atoms with E-state index in [1.807, 2.05) is 18.2 Å². The quantitative estimate of drug-likeness (QED) is 0.794. The summed E-state index contributed by atoms with van der Waals surface area (Å²) in [5, 5.41) is 3.82. The first kappa shape index (κ1) is 14.8. The Balaban J connectivity index is 2.35. The molecule has 20 heavy (non-hydrogen) atoms. The van der Waals surface area contributed by atoms with Crippen molar-refractivity contribution in [2.75, 3.05) is 25.3 Å². The number of hydrogen-bond acceptors (Lipinski definition) is 4. The SMILES string of the molecule is COc1cc(N)c(Nc2ccc(Br)c(Cl)c2)cc1OC. The van der Waals surface area contributed by atoms with Gasteiger partial charge in [-0.3, -0.25) is 0 Å². The van der Waals surface area contributed by atoms with E-state index in [4.69, 9.17) is 26.8 Å². The van der Waals surface area contributed by atoms with E-state index in [1.54, 1.807) is 26.4 Å². The monoisotopic (exact) mass is 356 g/mol. The Morgan fingerprint density at radius 2 is 1.75 bits per heavy atom. The third-order valence-corrected chi connectivity index (χ3v) is 3.99. The Morgan fingerprint density at radius 3 is 2.35 bits per heavy atom. The summed E-state index contributed by atoms with van der Waals surface area (Å²) in [6.07, 6.45) is 0. The number of nitrogen functional groups attached to an aromatic ring is 1. The minimum absolute atomic E-state index is 0.557. The van der Waals surface area contributed by atoms with Gasteiger partial charge < -0.3 is 20.5 Å². The highest BCUT2D eigenvalue weighted by atomic mass is 79.9. The van der Waals surface area contributed by atoms with Crippen LogP contribution in [-0.2, 0) is 0 Å². The third-order valence-electron chi connectivity index (χ3n) is 2.75. The van der Waals surface area contributed by atoms with Gasteiger partial charge in [0, 0.05) is 22.3 Å². The molecule has 0 saturated carbocycles. The molecule has 106 valence electrons. The molecule has 6 heteroatoms. The van der Waals surface area contributed by atoms with Gasteiger partial charge in [0.2, 0.25) is 0 Å². The summed E-state index contributed by atoms with van der Waals surface area (Å²) in [7, 11) is 3.15. The molecule has 0 saturated heterocycles. The summed E-state index contributed by atoms with van der Waals surface area (Å²) in [5.74, 6) is 1.19. The van der Waals surface area contributed by atoms with Crippen molar-refractivity contribution in [1.29, 1.82) is 0 Å². The van der Waals surface area contributed by atoms with Crippen LogP contribution in [0.3, 0.4) is 0 Å². The Labute approximate surface area is 131 Å². The average molecular weight is 358 g/mol. The van der Waals surface area contributed by atoms with Crippen molar-refractivity contribution in [2.24, 2.45) is 0 Å². The average Bonchev–Trinajstić information content (AvgIpc) is 2.44. The number of benzene rings is 2. The van der Waals surface area contributed by atoms with Crippen LogP contribution in [0.2, 0.25) is 5.02 Å². The van der Waals surface area contributed by atoms with Gasteiger partial charge in [0.25, 0.3) is 0 Å². The molecule has 0 radical (unpaired) electrons. The Kier molecular flexibility index (Phi) is 4.62. The number of anilines is 3. The van der Waals surface area contributed by atoms with Crippen LogP contribution in [-0.4, -0.2) is 14.2 Å². The molecule has 0 heterocycles. The maximum absolute atomic E-state index is 6.06. The summed E-state index contributed by atoms with van der Waals surface area (Å²) in [5.41, 5.74) is 8.11. The molecule has 0 aliphatic rings. The fraction of sp³-hybridized carbons (Fsp3) is 0.143. The molecule has 0 unspecified atom stereocenters. The molecule has 2 aromatic rings. The van der Waals surface area contributed by atoms with E-state index in [0.29, 0.717) is 22.2 Å². The highest BCUT2D eigenvalue weighted by Gasteiger charge is 2.09. The number of hydrogen-bond donors (Lipinski definition) is 2. The van der Waals surface area contributed by atoms with Crippen molar-refractivity contribution < 1.29 is 9.47 Å². The fourth-order valence-electron chi connectivity index (χ4n) is 1.73. The number of methoxy groups -OCH3 is 2. The molecule has 0 bridgehead atoms. The minimum atomic E-state index is 0.557. The second kappa shape index (κ2) is 6.24. The summed E-state index contributed by atoms with van der Waals surface area (Å²) in [4.78, 5) is 0. The van der Waals surface area contributed by atoms with E-state index < -0.39 is 0 Å². The lowest BCUT2D eigenvalue weighted by Crippen LogP contribution is -1.99. The molecule has 4 nitrogen and oxygen atoms in total. The van der Waals surface area contributed by atoms with Gasteiger partial charge in [0.15, 0.2) is 11.5 Å². The van der Waals surface area contributed by atoms with Crippen LogP contribution >= 0.6 is 27.5 Å². The van der Waals surface area contributed by atoms with Gasteiger partial charge in [0.1, 0.15) is 0 Å². The maximum atomic E-state index is 6.06. The lowest BCUT2D eigenvalue weighted by Gasteiger charge is -2.14. The standard InChI is InChI=1S/C14H14BrClN2O2/c1-19-13-6-11(17)12(7-14(13)20-2)18-8-3-4-9(15)10(16)5-8/h3-7,18H,17H2,1-2H3. The Bertz CT molecular complexity index is 635. The molecule has 0 aliphatic carbocycles. The second-order valence-electron chi connectivity index (χ2n) is 4.05. The Morgan fingerprint density at radius 1 is 1.10 bits per heavy atom. The molecule has 2 rings (SSSR count).